The molecule has 0 saturated heterocycles. The number of aliphatic hydroxyl groups excluding tert-OH is 2. The average molecular weight is 498 g/mol. The van der Waals surface area contributed by atoms with Crippen molar-refractivity contribution in [1.82, 2.24) is 4.98 Å². The molecule has 0 fully saturated rings. The molecule has 5 atom stereocenters. The Morgan fingerprint density at radius 3 is 2.64 bits per heavy atom. The van der Waals surface area contributed by atoms with Gasteiger partial charge in [-0.3, -0.25) is 14.6 Å². The summed E-state index contributed by atoms with van der Waals surface area (Å²) in [6, 6.07) is 5.62. The van der Waals surface area contributed by atoms with Crippen molar-refractivity contribution < 1.29 is 24.5 Å². The van der Waals surface area contributed by atoms with Crippen LogP contribution in [-0.4, -0.2) is 45.3 Å². The number of aromatic nitrogens is 1. The van der Waals surface area contributed by atoms with Crippen molar-refractivity contribution in [3.63, 3.8) is 0 Å². The fourth-order valence-electron chi connectivity index (χ4n) is 4.64. The van der Waals surface area contributed by atoms with Gasteiger partial charge in [0.25, 0.3) is 0 Å². The first-order chi connectivity index (χ1) is 17.0. The van der Waals surface area contributed by atoms with E-state index in [1.807, 2.05) is 38.1 Å². The molecule has 0 aromatic carbocycles. The summed E-state index contributed by atoms with van der Waals surface area (Å²) in [5.74, 6) is -1.63. The molecule has 6 heteroatoms. The van der Waals surface area contributed by atoms with E-state index in [-0.39, 0.29) is 18.1 Å². The van der Waals surface area contributed by atoms with Gasteiger partial charge in [-0.25, -0.2) is 0 Å². The number of hydrogen-bond donors (Lipinski definition) is 2. The van der Waals surface area contributed by atoms with Gasteiger partial charge in [-0.15, -0.1) is 6.58 Å². The van der Waals surface area contributed by atoms with Gasteiger partial charge in [-0.05, 0) is 69.2 Å². The first-order valence-corrected chi connectivity index (χ1v) is 12.9. The molecule has 2 N–H and O–H groups in total. The van der Waals surface area contributed by atoms with Crippen LogP contribution in [0.2, 0.25) is 0 Å². The number of Topliss-reactive ketones (excluding diaryl/α,β-unsaturated/α-hetero) is 1. The summed E-state index contributed by atoms with van der Waals surface area (Å²) in [5.41, 5.74) is 1.55. The van der Waals surface area contributed by atoms with Crippen LogP contribution in [-0.2, 0) is 14.3 Å². The number of ketones is 1. The van der Waals surface area contributed by atoms with Crippen molar-refractivity contribution >= 4 is 17.8 Å². The summed E-state index contributed by atoms with van der Waals surface area (Å²) >= 11 is 0. The number of cyclic esters (lactones) is 1. The van der Waals surface area contributed by atoms with Crippen molar-refractivity contribution in [3.8, 4) is 0 Å². The second-order valence-corrected chi connectivity index (χ2v) is 10.7. The van der Waals surface area contributed by atoms with Crippen LogP contribution in [0, 0.1) is 17.3 Å². The lowest BCUT2D eigenvalue weighted by molar-refractivity contribution is -0.154. The Morgan fingerprint density at radius 2 is 2.00 bits per heavy atom. The molecular formula is C30H43NO5. The molecule has 6 nitrogen and oxygen atoms in total. The number of carbonyl (C=O) groups is 2. The predicted octanol–water partition coefficient (Wildman–Crippen LogP) is 5.45. The van der Waals surface area contributed by atoms with Gasteiger partial charge in [0.05, 0.1) is 29.7 Å². The van der Waals surface area contributed by atoms with Crippen LogP contribution in [0.3, 0.4) is 0 Å². The van der Waals surface area contributed by atoms with Gasteiger partial charge >= 0.3 is 5.97 Å². The molecule has 2 rings (SSSR count). The molecule has 198 valence electrons. The van der Waals surface area contributed by atoms with Gasteiger partial charge in [0.15, 0.2) is 0 Å². The zero-order chi connectivity index (χ0) is 26.9. The number of pyridine rings is 1. The molecular weight excluding hydrogens is 454 g/mol. The maximum Gasteiger partial charge on any atom is 0.309 e. The van der Waals surface area contributed by atoms with E-state index in [0.717, 1.165) is 30.5 Å². The van der Waals surface area contributed by atoms with Crippen LogP contribution in [0.1, 0.15) is 78.8 Å². The molecule has 2 heterocycles. The predicted molar refractivity (Wildman–Crippen MR) is 143 cm³/mol. The fraction of sp³-hybridized carbons (Fsp3) is 0.567. The quantitative estimate of drug-likeness (QED) is 0.424. The van der Waals surface area contributed by atoms with Crippen molar-refractivity contribution in [2.45, 2.75) is 91.5 Å². The van der Waals surface area contributed by atoms with E-state index in [2.05, 4.69) is 24.6 Å². The molecule has 0 spiro atoms. The van der Waals surface area contributed by atoms with Crippen LogP contribution in [0.4, 0.5) is 0 Å². The minimum absolute atomic E-state index is 0.0891. The third-order valence-electron chi connectivity index (χ3n) is 7.34. The first kappa shape index (κ1) is 29.7. The second-order valence-electron chi connectivity index (χ2n) is 10.7. The highest BCUT2D eigenvalue weighted by Gasteiger charge is 2.43. The van der Waals surface area contributed by atoms with E-state index in [0.29, 0.717) is 12.8 Å². The molecule has 0 unspecified atom stereocenters. The maximum absolute atomic E-state index is 13.5. The molecule has 1 aliphatic rings. The molecule has 0 bridgehead atoms. The van der Waals surface area contributed by atoms with E-state index in [1.165, 1.54) is 5.57 Å². The summed E-state index contributed by atoms with van der Waals surface area (Å²) in [7, 11) is 0. The third-order valence-corrected chi connectivity index (χ3v) is 7.34. The van der Waals surface area contributed by atoms with Crippen molar-refractivity contribution in [1.29, 1.82) is 0 Å². The fourth-order valence-corrected chi connectivity index (χ4v) is 4.64. The van der Waals surface area contributed by atoms with Crippen LogP contribution >= 0.6 is 0 Å². The number of carbonyl (C=O) groups excluding carboxylic acids is 2. The van der Waals surface area contributed by atoms with Gasteiger partial charge in [-0.1, -0.05) is 44.6 Å². The van der Waals surface area contributed by atoms with Crippen molar-refractivity contribution in [2.75, 3.05) is 0 Å². The number of aliphatic hydroxyl groups is 2. The van der Waals surface area contributed by atoms with Crippen LogP contribution < -0.4 is 0 Å². The lowest BCUT2D eigenvalue weighted by Crippen LogP contribution is -2.46. The zero-order valence-corrected chi connectivity index (χ0v) is 22.4. The first-order valence-electron chi connectivity index (χ1n) is 12.9. The van der Waals surface area contributed by atoms with Gasteiger partial charge in [0.1, 0.15) is 11.9 Å². The Labute approximate surface area is 216 Å². The molecule has 0 aliphatic carbocycles. The molecule has 36 heavy (non-hydrogen) atoms. The summed E-state index contributed by atoms with van der Waals surface area (Å²) < 4.78 is 5.83. The smallest absolute Gasteiger partial charge is 0.309 e. The van der Waals surface area contributed by atoms with Gasteiger partial charge in [0.2, 0.25) is 0 Å². The number of ether oxygens (including phenoxy) is 1. The number of rotatable bonds is 4. The number of nitrogens with zero attached hydrogens (tertiary/aromatic N) is 1. The van der Waals surface area contributed by atoms with Crippen LogP contribution in [0.5, 0.6) is 0 Å². The Balaban J connectivity index is 2.37. The highest BCUT2D eigenvalue weighted by Crippen LogP contribution is 2.34. The number of hydrogen-bond acceptors (Lipinski definition) is 6. The average Bonchev–Trinajstić information content (AvgIpc) is 2.84. The molecule has 1 aliphatic heterocycles. The Morgan fingerprint density at radius 1 is 1.28 bits per heavy atom. The van der Waals surface area contributed by atoms with Gasteiger partial charge in [-0.2, -0.15) is 0 Å². The molecule has 1 aromatic heterocycles. The molecule has 0 saturated carbocycles. The van der Waals surface area contributed by atoms with Gasteiger partial charge in [0, 0.05) is 18.5 Å². The van der Waals surface area contributed by atoms with E-state index in [1.54, 1.807) is 26.1 Å². The lowest BCUT2D eigenvalue weighted by atomic mass is 9.71. The van der Waals surface area contributed by atoms with E-state index >= 15 is 0 Å². The second kappa shape index (κ2) is 13.7. The largest absolute Gasteiger partial charge is 0.457 e. The Hall–Kier alpha value is -2.57. The highest BCUT2D eigenvalue weighted by molar-refractivity contribution is 5.88. The minimum atomic E-state index is -1.25. The summed E-state index contributed by atoms with van der Waals surface area (Å²) in [6.45, 7) is 12.9. The van der Waals surface area contributed by atoms with Crippen molar-refractivity contribution in [3.05, 3.63) is 60.0 Å². The van der Waals surface area contributed by atoms with E-state index in [4.69, 9.17) is 4.74 Å². The molecule has 0 amide bonds. The third kappa shape index (κ3) is 8.24. The topological polar surface area (TPSA) is 96.7 Å². The monoisotopic (exact) mass is 497 g/mol. The standard InChI is InChI=1S/C30H43NO5/c1-7-11-24-28(34)21(3)13-10-12-20(2)15-16-25(22(4)18-23-14-8-9-17-31-23)36-27(33)19-26(32)30(5,6)29(24)35/h7-9,14-15,17-18,21,24-26,28,32,34H,1,10-13,16,19H2,2-6H3/b20-15-,22-18+/t21-,24+,25-,26+,28-/m0/s1. The van der Waals surface area contributed by atoms with Crippen molar-refractivity contribution in [2.24, 2.45) is 17.3 Å². The number of allylic oxidation sites excluding steroid dienone is 2. The molecule has 0 radical (unpaired) electrons. The Bertz CT molecular complexity index is 949. The SMILES string of the molecule is C=CC[C@H]1C(=O)C(C)(C)[C@H](O)CC(=O)O[C@H](/C(C)=C/c2ccccn2)C/C=C(/C)CCC[C@H](C)[C@@H]1O. The highest BCUT2D eigenvalue weighted by atomic mass is 16.5. The number of esters is 1. The van der Waals surface area contributed by atoms with Gasteiger partial charge < -0.3 is 14.9 Å². The summed E-state index contributed by atoms with van der Waals surface area (Å²) in [5, 5.41) is 22.0. The lowest BCUT2D eigenvalue weighted by Gasteiger charge is -2.35. The van der Waals surface area contributed by atoms with Crippen LogP contribution in [0.15, 0.2) is 54.3 Å². The normalized spacial score (nSPS) is 30.7. The van der Waals surface area contributed by atoms with E-state index < -0.39 is 35.6 Å². The summed E-state index contributed by atoms with van der Waals surface area (Å²) in [6.07, 6.45) is 7.69. The van der Waals surface area contributed by atoms with E-state index in [9.17, 15) is 19.8 Å². The minimum Gasteiger partial charge on any atom is -0.457 e. The zero-order valence-electron chi connectivity index (χ0n) is 22.4. The van der Waals surface area contributed by atoms with Crippen LogP contribution in [0.25, 0.3) is 6.08 Å². The maximum atomic E-state index is 13.5. The molecule has 1 aromatic rings. The summed E-state index contributed by atoms with van der Waals surface area (Å²) in [4.78, 5) is 30.8. The Kier molecular flexibility index (Phi) is 11.3.